The largest absolute Gasteiger partial charge is 0.313 e. The van der Waals surface area contributed by atoms with Crippen molar-refractivity contribution in [2.45, 2.75) is 46.6 Å². The van der Waals surface area contributed by atoms with E-state index in [2.05, 4.69) is 33.0 Å². The van der Waals surface area contributed by atoms with Gasteiger partial charge in [0, 0.05) is 18.2 Å². The Morgan fingerprint density at radius 3 is 2.25 bits per heavy atom. The lowest BCUT2D eigenvalue weighted by Gasteiger charge is -2.28. The normalized spacial score (nSPS) is 14.2. The summed E-state index contributed by atoms with van der Waals surface area (Å²) in [5.74, 6) is 1.18. The number of benzene rings is 1. The van der Waals surface area contributed by atoms with Crippen molar-refractivity contribution in [3.63, 3.8) is 0 Å². The first-order chi connectivity index (χ1) is 9.45. The fourth-order valence-electron chi connectivity index (χ4n) is 2.25. The molecule has 1 N–H and O–H groups in total. The number of hydrogen-bond acceptors (Lipinski definition) is 3. The van der Waals surface area contributed by atoms with Crippen molar-refractivity contribution >= 4 is 5.69 Å². The van der Waals surface area contributed by atoms with Crippen LogP contribution < -0.4 is 5.32 Å². The molecular formula is C16H26N2O2. The second-order valence-corrected chi connectivity index (χ2v) is 5.79. The lowest BCUT2D eigenvalue weighted by molar-refractivity contribution is -0.384. The molecule has 0 saturated heterocycles. The molecule has 2 unspecified atom stereocenters. The summed E-state index contributed by atoms with van der Waals surface area (Å²) in [6.07, 6.45) is 2.03. The maximum Gasteiger partial charge on any atom is 0.269 e. The molecule has 0 heterocycles. The predicted molar refractivity (Wildman–Crippen MR) is 82.9 cm³/mol. The molecule has 0 amide bonds. The quantitative estimate of drug-likeness (QED) is 0.581. The average molecular weight is 278 g/mol. The fourth-order valence-corrected chi connectivity index (χ4v) is 2.25. The second-order valence-electron chi connectivity index (χ2n) is 5.79. The number of non-ortho nitro benzene ring substituents is 1. The third-order valence-electron chi connectivity index (χ3n) is 3.95. The van der Waals surface area contributed by atoms with Gasteiger partial charge in [0.05, 0.1) is 4.92 Å². The number of nitrogens with zero attached hydrogens (tertiary/aromatic N) is 1. The third kappa shape index (κ3) is 4.93. The van der Waals surface area contributed by atoms with Crippen molar-refractivity contribution < 1.29 is 4.92 Å². The van der Waals surface area contributed by atoms with Gasteiger partial charge in [0.1, 0.15) is 0 Å². The Labute approximate surface area is 121 Å². The standard InChI is InChI=1S/C16H26N2O2/c1-5-10-17-16(13(4)12(2)3)11-14-6-8-15(9-7-14)18(19)20/h6-9,12-13,16-17H,5,10-11H2,1-4H3. The van der Waals surface area contributed by atoms with Gasteiger partial charge in [-0.2, -0.15) is 0 Å². The van der Waals surface area contributed by atoms with Gasteiger partial charge in [0.15, 0.2) is 0 Å². The van der Waals surface area contributed by atoms with Crippen LogP contribution in [0.1, 0.15) is 39.7 Å². The van der Waals surface area contributed by atoms with Crippen LogP contribution in [0.15, 0.2) is 24.3 Å². The molecule has 0 aliphatic heterocycles. The smallest absolute Gasteiger partial charge is 0.269 e. The fraction of sp³-hybridized carbons (Fsp3) is 0.625. The SMILES string of the molecule is CCCNC(Cc1ccc([N+](=O)[O-])cc1)C(C)C(C)C. The van der Waals surface area contributed by atoms with Gasteiger partial charge in [-0.3, -0.25) is 10.1 Å². The second kappa shape index (κ2) is 8.00. The summed E-state index contributed by atoms with van der Waals surface area (Å²) in [5, 5.41) is 14.3. The average Bonchev–Trinajstić information content (AvgIpc) is 2.43. The van der Waals surface area contributed by atoms with Crippen LogP contribution in [0.5, 0.6) is 0 Å². The minimum Gasteiger partial charge on any atom is -0.313 e. The molecule has 0 aromatic heterocycles. The Kier molecular flexibility index (Phi) is 6.65. The van der Waals surface area contributed by atoms with Crippen LogP contribution in [0.4, 0.5) is 5.69 Å². The topological polar surface area (TPSA) is 55.2 Å². The Bertz CT molecular complexity index is 415. The lowest BCUT2D eigenvalue weighted by Crippen LogP contribution is -2.39. The van der Waals surface area contributed by atoms with Crippen LogP contribution in [-0.4, -0.2) is 17.5 Å². The molecule has 4 heteroatoms. The molecule has 20 heavy (non-hydrogen) atoms. The summed E-state index contributed by atoms with van der Waals surface area (Å²) < 4.78 is 0. The van der Waals surface area contributed by atoms with Gasteiger partial charge in [-0.1, -0.05) is 39.8 Å². The number of nitrogens with one attached hydrogen (secondary N) is 1. The zero-order chi connectivity index (χ0) is 15.1. The molecule has 0 saturated carbocycles. The Hall–Kier alpha value is -1.42. The van der Waals surface area contributed by atoms with Gasteiger partial charge in [0.25, 0.3) is 5.69 Å². The van der Waals surface area contributed by atoms with Crippen LogP contribution in [0.2, 0.25) is 0 Å². The van der Waals surface area contributed by atoms with Crippen LogP contribution in [-0.2, 0) is 6.42 Å². The van der Waals surface area contributed by atoms with E-state index in [1.165, 1.54) is 0 Å². The first-order valence-electron chi connectivity index (χ1n) is 7.42. The predicted octanol–water partition coefficient (Wildman–Crippen LogP) is 3.80. The Morgan fingerprint density at radius 2 is 1.80 bits per heavy atom. The van der Waals surface area contributed by atoms with Crippen LogP contribution in [0.3, 0.4) is 0 Å². The van der Waals surface area contributed by atoms with Crippen molar-refractivity contribution in [2.75, 3.05) is 6.54 Å². The van der Waals surface area contributed by atoms with E-state index in [-0.39, 0.29) is 10.6 Å². The van der Waals surface area contributed by atoms with Crippen LogP contribution in [0.25, 0.3) is 0 Å². The monoisotopic (exact) mass is 278 g/mol. The third-order valence-corrected chi connectivity index (χ3v) is 3.95. The number of rotatable bonds is 8. The minimum atomic E-state index is -0.354. The maximum atomic E-state index is 10.7. The van der Waals surface area contributed by atoms with Gasteiger partial charge in [-0.05, 0) is 36.8 Å². The van der Waals surface area contributed by atoms with Crippen LogP contribution in [0, 0.1) is 22.0 Å². The highest BCUT2D eigenvalue weighted by atomic mass is 16.6. The highest BCUT2D eigenvalue weighted by molar-refractivity contribution is 5.33. The first kappa shape index (κ1) is 16.6. The van der Waals surface area contributed by atoms with E-state index in [0.717, 1.165) is 24.9 Å². The van der Waals surface area contributed by atoms with E-state index in [0.29, 0.717) is 17.9 Å². The molecule has 0 radical (unpaired) electrons. The van der Waals surface area contributed by atoms with E-state index in [9.17, 15) is 10.1 Å². The summed E-state index contributed by atoms with van der Waals surface area (Å²) in [7, 11) is 0. The van der Waals surface area contributed by atoms with E-state index in [4.69, 9.17) is 0 Å². The molecule has 1 aromatic carbocycles. The highest BCUT2D eigenvalue weighted by Crippen LogP contribution is 2.20. The van der Waals surface area contributed by atoms with E-state index in [1.807, 2.05) is 12.1 Å². The highest BCUT2D eigenvalue weighted by Gasteiger charge is 2.20. The number of hydrogen-bond donors (Lipinski definition) is 1. The minimum absolute atomic E-state index is 0.156. The van der Waals surface area contributed by atoms with Crippen molar-refractivity contribution in [3.8, 4) is 0 Å². The molecule has 0 bridgehead atoms. The molecule has 1 rings (SSSR count). The molecule has 0 fully saturated rings. The van der Waals surface area contributed by atoms with Crippen molar-refractivity contribution in [2.24, 2.45) is 11.8 Å². The van der Waals surface area contributed by atoms with Crippen molar-refractivity contribution in [1.29, 1.82) is 0 Å². The summed E-state index contributed by atoms with van der Waals surface area (Å²) in [6.45, 7) is 9.91. The maximum absolute atomic E-state index is 10.7. The first-order valence-corrected chi connectivity index (χ1v) is 7.42. The number of nitro groups is 1. The van der Waals surface area contributed by atoms with E-state index in [1.54, 1.807) is 12.1 Å². The molecular weight excluding hydrogens is 252 g/mol. The lowest BCUT2D eigenvalue weighted by atomic mass is 9.86. The van der Waals surface area contributed by atoms with Gasteiger partial charge >= 0.3 is 0 Å². The molecule has 1 aromatic rings. The molecule has 0 aliphatic rings. The summed E-state index contributed by atoms with van der Waals surface area (Å²) in [5.41, 5.74) is 1.31. The summed E-state index contributed by atoms with van der Waals surface area (Å²) in [6, 6.07) is 7.33. The molecule has 0 spiro atoms. The molecule has 0 aliphatic carbocycles. The van der Waals surface area contributed by atoms with Crippen molar-refractivity contribution in [3.05, 3.63) is 39.9 Å². The van der Waals surface area contributed by atoms with Gasteiger partial charge in [-0.15, -0.1) is 0 Å². The molecule has 112 valence electrons. The van der Waals surface area contributed by atoms with Gasteiger partial charge in [0.2, 0.25) is 0 Å². The zero-order valence-corrected chi connectivity index (χ0v) is 12.9. The van der Waals surface area contributed by atoms with Gasteiger partial charge in [-0.25, -0.2) is 0 Å². The van der Waals surface area contributed by atoms with E-state index >= 15 is 0 Å². The van der Waals surface area contributed by atoms with Crippen LogP contribution >= 0.6 is 0 Å². The summed E-state index contributed by atoms with van der Waals surface area (Å²) in [4.78, 5) is 10.3. The Morgan fingerprint density at radius 1 is 1.20 bits per heavy atom. The Balaban J connectivity index is 2.75. The number of nitro benzene ring substituents is 1. The molecule has 2 atom stereocenters. The zero-order valence-electron chi connectivity index (χ0n) is 12.9. The van der Waals surface area contributed by atoms with E-state index < -0.39 is 0 Å². The van der Waals surface area contributed by atoms with Crippen molar-refractivity contribution in [1.82, 2.24) is 5.32 Å². The molecule has 4 nitrogen and oxygen atoms in total. The summed E-state index contributed by atoms with van der Waals surface area (Å²) >= 11 is 0. The van der Waals surface area contributed by atoms with Gasteiger partial charge < -0.3 is 5.32 Å².